The van der Waals surface area contributed by atoms with Gasteiger partial charge < -0.3 is 9.32 Å². The molecule has 1 heterocycles. The standard InChI is InChI=1S/C16H22N2O/c1-13(16-10-7-11-19-16)17-15(12-18(2)3)14-8-5-4-6-9-14/h4-11,13,15,17H,12H2,1-3H3. The molecule has 0 amide bonds. The second-order valence-electron chi connectivity index (χ2n) is 5.13. The first-order chi connectivity index (χ1) is 9.16. The molecule has 1 N–H and O–H groups in total. The summed E-state index contributed by atoms with van der Waals surface area (Å²) in [5.74, 6) is 0.972. The first-order valence-corrected chi connectivity index (χ1v) is 6.66. The van der Waals surface area contributed by atoms with Crippen LogP contribution < -0.4 is 5.32 Å². The highest BCUT2D eigenvalue weighted by molar-refractivity contribution is 5.20. The van der Waals surface area contributed by atoms with Crippen LogP contribution in [0.1, 0.15) is 30.3 Å². The molecule has 0 saturated carbocycles. The van der Waals surface area contributed by atoms with Crippen LogP contribution in [-0.2, 0) is 0 Å². The van der Waals surface area contributed by atoms with Gasteiger partial charge in [0.2, 0.25) is 0 Å². The molecule has 2 aromatic rings. The van der Waals surface area contributed by atoms with Crippen molar-refractivity contribution in [1.82, 2.24) is 10.2 Å². The summed E-state index contributed by atoms with van der Waals surface area (Å²) in [7, 11) is 4.18. The molecule has 19 heavy (non-hydrogen) atoms. The predicted octanol–water partition coefficient (Wildman–Crippen LogP) is 3.23. The Morgan fingerprint density at radius 1 is 1.11 bits per heavy atom. The zero-order chi connectivity index (χ0) is 13.7. The summed E-state index contributed by atoms with van der Waals surface area (Å²) >= 11 is 0. The summed E-state index contributed by atoms with van der Waals surface area (Å²) in [6.45, 7) is 3.08. The van der Waals surface area contributed by atoms with Crippen LogP contribution >= 0.6 is 0 Å². The maximum atomic E-state index is 5.46. The number of nitrogens with zero attached hydrogens (tertiary/aromatic N) is 1. The van der Waals surface area contributed by atoms with Gasteiger partial charge in [-0.05, 0) is 38.7 Å². The fraction of sp³-hybridized carbons (Fsp3) is 0.375. The molecular formula is C16H22N2O. The molecule has 3 nitrogen and oxygen atoms in total. The second-order valence-corrected chi connectivity index (χ2v) is 5.13. The van der Waals surface area contributed by atoms with Crippen molar-refractivity contribution in [3.8, 4) is 0 Å². The van der Waals surface area contributed by atoms with Gasteiger partial charge in [-0.1, -0.05) is 30.3 Å². The van der Waals surface area contributed by atoms with Crippen LogP contribution in [0.25, 0.3) is 0 Å². The second kappa shape index (κ2) is 6.55. The normalized spacial score (nSPS) is 14.5. The average molecular weight is 258 g/mol. The zero-order valence-electron chi connectivity index (χ0n) is 11.8. The topological polar surface area (TPSA) is 28.4 Å². The van der Waals surface area contributed by atoms with E-state index < -0.39 is 0 Å². The van der Waals surface area contributed by atoms with E-state index in [1.807, 2.05) is 18.2 Å². The van der Waals surface area contributed by atoms with Crippen LogP contribution in [0.15, 0.2) is 53.1 Å². The van der Waals surface area contributed by atoms with E-state index in [2.05, 4.69) is 55.5 Å². The third kappa shape index (κ3) is 3.94. The quantitative estimate of drug-likeness (QED) is 0.862. The van der Waals surface area contributed by atoms with Gasteiger partial charge in [-0.3, -0.25) is 5.32 Å². The molecule has 0 aliphatic heterocycles. The van der Waals surface area contributed by atoms with Crippen molar-refractivity contribution < 1.29 is 4.42 Å². The lowest BCUT2D eigenvalue weighted by Gasteiger charge is -2.25. The molecule has 0 bridgehead atoms. The van der Waals surface area contributed by atoms with Crippen LogP contribution in [0.2, 0.25) is 0 Å². The Kier molecular flexibility index (Phi) is 4.77. The minimum absolute atomic E-state index is 0.195. The van der Waals surface area contributed by atoms with E-state index in [9.17, 15) is 0 Å². The van der Waals surface area contributed by atoms with Crippen molar-refractivity contribution >= 4 is 0 Å². The van der Waals surface area contributed by atoms with Gasteiger partial charge in [-0.25, -0.2) is 0 Å². The largest absolute Gasteiger partial charge is 0.468 e. The van der Waals surface area contributed by atoms with Crippen molar-refractivity contribution in [3.63, 3.8) is 0 Å². The van der Waals surface area contributed by atoms with Gasteiger partial charge in [-0.2, -0.15) is 0 Å². The van der Waals surface area contributed by atoms with E-state index in [0.29, 0.717) is 0 Å². The molecule has 2 rings (SSSR count). The number of rotatable bonds is 6. The SMILES string of the molecule is CC(NC(CN(C)C)c1ccccc1)c1ccco1. The lowest BCUT2D eigenvalue weighted by molar-refractivity contribution is 0.311. The van der Waals surface area contributed by atoms with Gasteiger partial charge in [0.15, 0.2) is 0 Å². The minimum Gasteiger partial charge on any atom is -0.468 e. The summed E-state index contributed by atoms with van der Waals surface area (Å²) in [5.41, 5.74) is 1.30. The molecule has 1 aromatic carbocycles. The molecule has 0 saturated heterocycles. The molecule has 3 heteroatoms. The van der Waals surface area contributed by atoms with E-state index in [1.165, 1.54) is 5.56 Å². The van der Waals surface area contributed by atoms with Crippen LogP contribution in [0.5, 0.6) is 0 Å². The molecule has 0 spiro atoms. The summed E-state index contributed by atoms with van der Waals surface area (Å²) in [6.07, 6.45) is 1.72. The van der Waals surface area contributed by atoms with Gasteiger partial charge in [0.05, 0.1) is 12.3 Å². The Hall–Kier alpha value is -1.58. The highest BCUT2D eigenvalue weighted by Gasteiger charge is 2.17. The molecule has 0 radical (unpaired) electrons. The van der Waals surface area contributed by atoms with E-state index in [4.69, 9.17) is 4.42 Å². The molecule has 0 aliphatic carbocycles. The predicted molar refractivity (Wildman–Crippen MR) is 78.0 cm³/mol. The Labute approximate surface area is 115 Å². The van der Waals surface area contributed by atoms with Crippen LogP contribution in [0, 0.1) is 0 Å². The fourth-order valence-corrected chi connectivity index (χ4v) is 2.23. The fourth-order valence-electron chi connectivity index (χ4n) is 2.23. The van der Waals surface area contributed by atoms with Gasteiger partial charge in [0, 0.05) is 12.6 Å². The number of furan rings is 1. The number of likely N-dealkylation sites (N-methyl/N-ethyl adjacent to an activating group) is 1. The maximum Gasteiger partial charge on any atom is 0.120 e. The van der Waals surface area contributed by atoms with Crippen molar-refractivity contribution in [3.05, 3.63) is 60.1 Å². The Balaban J connectivity index is 2.10. The maximum absolute atomic E-state index is 5.46. The van der Waals surface area contributed by atoms with Crippen molar-refractivity contribution in [2.45, 2.75) is 19.0 Å². The van der Waals surface area contributed by atoms with Crippen LogP contribution in [0.3, 0.4) is 0 Å². The lowest BCUT2D eigenvalue weighted by atomic mass is 10.1. The Morgan fingerprint density at radius 3 is 2.42 bits per heavy atom. The minimum atomic E-state index is 0.195. The smallest absolute Gasteiger partial charge is 0.120 e. The number of hydrogen-bond acceptors (Lipinski definition) is 3. The van der Waals surface area contributed by atoms with Crippen molar-refractivity contribution in [1.29, 1.82) is 0 Å². The molecular weight excluding hydrogens is 236 g/mol. The summed E-state index contributed by atoms with van der Waals surface area (Å²) in [4.78, 5) is 2.19. The van der Waals surface area contributed by atoms with Crippen molar-refractivity contribution in [2.24, 2.45) is 0 Å². The summed E-state index contributed by atoms with van der Waals surface area (Å²) in [6, 6.07) is 15.0. The third-order valence-corrected chi connectivity index (χ3v) is 3.17. The summed E-state index contributed by atoms with van der Waals surface area (Å²) in [5, 5.41) is 3.63. The highest BCUT2D eigenvalue weighted by atomic mass is 16.3. The van der Waals surface area contributed by atoms with Crippen molar-refractivity contribution in [2.75, 3.05) is 20.6 Å². The van der Waals surface area contributed by atoms with Gasteiger partial charge in [0.25, 0.3) is 0 Å². The molecule has 0 aliphatic rings. The zero-order valence-corrected chi connectivity index (χ0v) is 11.8. The first kappa shape index (κ1) is 13.8. The first-order valence-electron chi connectivity index (χ1n) is 6.66. The van der Waals surface area contributed by atoms with E-state index >= 15 is 0 Å². The van der Waals surface area contributed by atoms with E-state index in [0.717, 1.165) is 12.3 Å². The number of nitrogens with one attached hydrogen (secondary N) is 1. The van der Waals surface area contributed by atoms with Crippen LogP contribution in [0.4, 0.5) is 0 Å². The summed E-state index contributed by atoms with van der Waals surface area (Å²) < 4.78 is 5.46. The van der Waals surface area contributed by atoms with Gasteiger partial charge >= 0.3 is 0 Å². The Bertz CT molecular complexity index is 465. The Morgan fingerprint density at radius 2 is 1.84 bits per heavy atom. The molecule has 0 fully saturated rings. The van der Waals surface area contributed by atoms with E-state index in [-0.39, 0.29) is 12.1 Å². The molecule has 2 atom stereocenters. The lowest BCUT2D eigenvalue weighted by Crippen LogP contribution is -2.32. The molecule has 1 aromatic heterocycles. The van der Waals surface area contributed by atoms with Crippen LogP contribution in [-0.4, -0.2) is 25.5 Å². The monoisotopic (exact) mass is 258 g/mol. The highest BCUT2D eigenvalue weighted by Crippen LogP contribution is 2.20. The van der Waals surface area contributed by atoms with Gasteiger partial charge in [0.1, 0.15) is 5.76 Å². The number of benzene rings is 1. The molecule has 2 unspecified atom stereocenters. The molecule has 102 valence electrons. The van der Waals surface area contributed by atoms with Gasteiger partial charge in [-0.15, -0.1) is 0 Å². The number of hydrogen-bond donors (Lipinski definition) is 1. The third-order valence-electron chi connectivity index (χ3n) is 3.17. The average Bonchev–Trinajstić information content (AvgIpc) is 2.92. The van der Waals surface area contributed by atoms with E-state index in [1.54, 1.807) is 6.26 Å².